The SMILES string of the molecule is O=C=NC1(c2ccccc2OC2CCSC2)CC1. The molecule has 3 rings (SSSR count). The Morgan fingerprint density at radius 2 is 2.22 bits per heavy atom. The molecule has 0 amide bonds. The molecule has 1 unspecified atom stereocenters. The average molecular weight is 261 g/mol. The summed E-state index contributed by atoms with van der Waals surface area (Å²) in [6.45, 7) is 0. The van der Waals surface area contributed by atoms with Gasteiger partial charge in [-0.25, -0.2) is 4.79 Å². The van der Waals surface area contributed by atoms with Crippen LogP contribution in [0.3, 0.4) is 0 Å². The van der Waals surface area contributed by atoms with E-state index in [1.165, 1.54) is 5.75 Å². The van der Waals surface area contributed by atoms with Gasteiger partial charge >= 0.3 is 0 Å². The number of isocyanates is 1. The fourth-order valence-electron chi connectivity index (χ4n) is 2.39. The van der Waals surface area contributed by atoms with Gasteiger partial charge in [0.2, 0.25) is 6.08 Å². The highest BCUT2D eigenvalue weighted by atomic mass is 32.2. The Morgan fingerprint density at radius 1 is 1.39 bits per heavy atom. The van der Waals surface area contributed by atoms with Crippen molar-refractivity contribution in [2.24, 2.45) is 4.99 Å². The summed E-state index contributed by atoms with van der Waals surface area (Å²) in [5.74, 6) is 3.12. The zero-order valence-electron chi connectivity index (χ0n) is 10.1. The molecule has 94 valence electrons. The highest BCUT2D eigenvalue weighted by Gasteiger charge is 2.46. The predicted molar refractivity (Wildman–Crippen MR) is 71.8 cm³/mol. The van der Waals surface area contributed by atoms with Crippen molar-refractivity contribution in [3.63, 3.8) is 0 Å². The van der Waals surface area contributed by atoms with Gasteiger partial charge in [0, 0.05) is 11.3 Å². The van der Waals surface area contributed by atoms with E-state index < -0.39 is 0 Å². The third-order valence-corrected chi connectivity index (χ3v) is 4.69. The van der Waals surface area contributed by atoms with Gasteiger partial charge in [0.05, 0.1) is 0 Å². The lowest BCUT2D eigenvalue weighted by atomic mass is 10.0. The van der Waals surface area contributed by atoms with Crippen molar-refractivity contribution in [2.45, 2.75) is 30.9 Å². The summed E-state index contributed by atoms with van der Waals surface area (Å²) in [6, 6.07) is 7.96. The smallest absolute Gasteiger partial charge is 0.235 e. The van der Waals surface area contributed by atoms with E-state index >= 15 is 0 Å². The third-order valence-electron chi connectivity index (χ3n) is 3.55. The summed E-state index contributed by atoms with van der Waals surface area (Å²) in [5, 5.41) is 0. The Bertz CT molecular complexity index is 486. The fraction of sp³-hybridized carbons (Fsp3) is 0.500. The van der Waals surface area contributed by atoms with Crippen molar-refractivity contribution in [1.29, 1.82) is 0 Å². The molecule has 18 heavy (non-hydrogen) atoms. The highest BCUT2D eigenvalue weighted by Crippen LogP contribution is 2.52. The molecule has 1 atom stereocenters. The molecule has 2 aliphatic rings. The Morgan fingerprint density at radius 3 is 2.89 bits per heavy atom. The van der Waals surface area contributed by atoms with Crippen molar-refractivity contribution < 1.29 is 9.53 Å². The molecule has 3 nitrogen and oxygen atoms in total. The van der Waals surface area contributed by atoms with E-state index in [-0.39, 0.29) is 5.54 Å². The van der Waals surface area contributed by atoms with E-state index in [9.17, 15) is 4.79 Å². The monoisotopic (exact) mass is 261 g/mol. The van der Waals surface area contributed by atoms with Crippen LogP contribution >= 0.6 is 11.8 Å². The summed E-state index contributed by atoms with van der Waals surface area (Å²) < 4.78 is 6.07. The standard InChI is InChI=1S/C14H15NO2S/c16-10-15-14(6-7-14)12-3-1-2-4-13(12)17-11-5-8-18-9-11/h1-4,11H,5-9H2. The molecule has 1 heterocycles. The van der Waals surface area contributed by atoms with Gasteiger partial charge in [-0.05, 0) is 31.1 Å². The molecule has 0 spiro atoms. The van der Waals surface area contributed by atoms with Crippen molar-refractivity contribution in [3.05, 3.63) is 29.8 Å². The van der Waals surface area contributed by atoms with Crippen LogP contribution in [0, 0.1) is 0 Å². The molecule has 4 heteroatoms. The molecule has 1 saturated heterocycles. The summed E-state index contributed by atoms with van der Waals surface area (Å²) in [7, 11) is 0. The lowest BCUT2D eigenvalue weighted by Crippen LogP contribution is -2.17. The van der Waals surface area contributed by atoms with E-state index in [0.717, 1.165) is 36.3 Å². The third kappa shape index (κ3) is 2.18. The van der Waals surface area contributed by atoms with Crippen LogP contribution in [-0.4, -0.2) is 23.7 Å². The van der Waals surface area contributed by atoms with E-state index in [1.807, 2.05) is 36.0 Å². The first kappa shape index (κ1) is 11.8. The van der Waals surface area contributed by atoms with Crippen LogP contribution in [0.25, 0.3) is 0 Å². The van der Waals surface area contributed by atoms with E-state index in [2.05, 4.69) is 4.99 Å². The van der Waals surface area contributed by atoms with Crippen molar-refractivity contribution in [3.8, 4) is 5.75 Å². The predicted octanol–water partition coefficient (Wildman–Crippen LogP) is 2.90. The van der Waals surface area contributed by atoms with E-state index in [4.69, 9.17) is 4.74 Å². The van der Waals surface area contributed by atoms with Gasteiger partial charge in [0.25, 0.3) is 0 Å². The molecule has 1 aliphatic heterocycles. The minimum atomic E-state index is -0.343. The van der Waals surface area contributed by atoms with Crippen LogP contribution in [0.5, 0.6) is 5.75 Å². The maximum atomic E-state index is 10.6. The van der Waals surface area contributed by atoms with Gasteiger partial charge in [0.15, 0.2) is 0 Å². The molecule has 1 saturated carbocycles. The number of nitrogens with zero attached hydrogens (tertiary/aromatic N) is 1. The maximum absolute atomic E-state index is 10.6. The summed E-state index contributed by atoms with van der Waals surface area (Å²) in [5.41, 5.74) is 0.703. The average Bonchev–Trinajstić information content (AvgIpc) is 2.98. The van der Waals surface area contributed by atoms with Crippen molar-refractivity contribution in [1.82, 2.24) is 0 Å². The molecule has 0 N–H and O–H groups in total. The molecule has 1 aliphatic carbocycles. The quantitative estimate of drug-likeness (QED) is 0.618. The first-order valence-corrected chi connectivity index (χ1v) is 7.42. The number of benzene rings is 1. The first-order chi connectivity index (χ1) is 8.84. The van der Waals surface area contributed by atoms with Gasteiger partial charge in [-0.2, -0.15) is 16.8 Å². The van der Waals surface area contributed by atoms with Gasteiger partial charge in [-0.3, -0.25) is 0 Å². The number of aliphatic imine (C=N–C) groups is 1. The summed E-state index contributed by atoms with van der Waals surface area (Å²) >= 11 is 1.93. The molecular formula is C14H15NO2S. The second-order valence-corrected chi connectivity index (χ2v) is 5.98. The van der Waals surface area contributed by atoms with Crippen LogP contribution in [0.4, 0.5) is 0 Å². The number of ether oxygens (including phenoxy) is 1. The number of hydrogen-bond donors (Lipinski definition) is 0. The van der Waals surface area contributed by atoms with Gasteiger partial charge < -0.3 is 4.74 Å². The molecule has 1 aromatic carbocycles. The van der Waals surface area contributed by atoms with Crippen LogP contribution in [0.2, 0.25) is 0 Å². The van der Waals surface area contributed by atoms with Crippen molar-refractivity contribution >= 4 is 17.8 Å². The first-order valence-electron chi connectivity index (χ1n) is 6.27. The van der Waals surface area contributed by atoms with Crippen molar-refractivity contribution in [2.75, 3.05) is 11.5 Å². The number of para-hydroxylation sites is 1. The molecule has 2 fully saturated rings. The minimum Gasteiger partial charge on any atom is -0.489 e. The molecular weight excluding hydrogens is 246 g/mol. The van der Waals surface area contributed by atoms with Crippen LogP contribution in [0.15, 0.2) is 29.3 Å². The molecule has 0 bridgehead atoms. The van der Waals surface area contributed by atoms with Crippen LogP contribution < -0.4 is 4.74 Å². The van der Waals surface area contributed by atoms with Gasteiger partial charge in [0.1, 0.15) is 17.4 Å². The molecule has 0 radical (unpaired) electrons. The fourth-order valence-corrected chi connectivity index (χ4v) is 3.48. The van der Waals surface area contributed by atoms with Crippen LogP contribution in [0.1, 0.15) is 24.8 Å². The number of rotatable bonds is 4. The summed E-state index contributed by atoms with van der Waals surface area (Å²) in [6.07, 6.45) is 4.94. The minimum absolute atomic E-state index is 0.298. The molecule has 0 aromatic heterocycles. The lowest BCUT2D eigenvalue weighted by Gasteiger charge is -2.18. The topological polar surface area (TPSA) is 38.7 Å². The van der Waals surface area contributed by atoms with Gasteiger partial charge in [-0.1, -0.05) is 18.2 Å². The highest BCUT2D eigenvalue weighted by molar-refractivity contribution is 7.99. The largest absolute Gasteiger partial charge is 0.489 e. The number of carbonyl (C=O) groups excluding carboxylic acids is 1. The maximum Gasteiger partial charge on any atom is 0.235 e. The van der Waals surface area contributed by atoms with E-state index in [1.54, 1.807) is 6.08 Å². The number of hydrogen-bond acceptors (Lipinski definition) is 4. The zero-order valence-corrected chi connectivity index (χ0v) is 10.9. The Balaban J connectivity index is 1.87. The number of thioether (sulfide) groups is 1. The Hall–Kier alpha value is -1.25. The Kier molecular flexibility index (Phi) is 3.14. The normalized spacial score (nSPS) is 24.3. The second-order valence-electron chi connectivity index (χ2n) is 4.83. The second kappa shape index (κ2) is 4.79. The molecule has 1 aromatic rings. The van der Waals surface area contributed by atoms with E-state index in [0.29, 0.717) is 6.10 Å². The van der Waals surface area contributed by atoms with Crippen LogP contribution in [-0.2, 0) is 10.3 Å². The Labute approximate surface area is 111 Å². The van der Waals surface area contributed by atoms with Gasteiger partial charge in [-0.15, -0.1) is 0 Å². The zero-order chi connectivity index (χ0) is 12.4. The lowest BCUT2D eigenvalue weighted by molar-refractivity contribution is 0.225. The summed E-state index contributed by atoms with van der Waals surface area (Å²) in [4.78, 5) is 14.5.